The van der Waals surface area contributed by atoms with Gasteiger partial charge >= 0.3 is 0 Å². The zero-order chi connectivity index (χ0) is 14.7. The largest absolute Gasteiger partial charge is 0.383 e. The quantitative estimate of drug-likeness (QED) is 0.776. The molecule has 0 aliphatic carbocycles. The molecule has 1 aromatic carbocycles. The van der Waals surface area contributed by atoms with E-state index in [1.165, 1.54) is 10.4 Å². The molecule has 2 aromatic heterocycles. The molecule has 2 heterocycles. The molecular weight excluding hydrogens is 278 g/mol. The van der Waals surface area contributed by atoms with Crippen LogP contribution in [-0.2, 0) is 19.9 Å². The number of nitrogens with two attached hydrogens (primary N) is 1. The topological polar surface area (TPSA) is 43.8 Å². The van der Waals surface area contributed by atoms with E-state index in [4.69, 9.17) is 5.73 Å². The number of rotatable bonds is 5. The number of thiophene rings is 1. The normalized spacial score (nSPS) is 10.9. The van der Waals surface area contributed by atoms with E-state index in [2.05, 4.69) is 52.9 Å². The first-order chi connectivity index (χ1) is 10.3. The summed E-state index contributed by atoms with van der Waals surface area (Å²) in [6, 6.07) is 14.7. The van der Waals surface area contributed by atoms with Crippen LogP contribution in [0, 0.1) is 0 Å². The van der Waals surface area contributed by atoms with Crippen LogP contribution >= 0.6 is 11.3 Å². The molecule has 0 saturated carbocycles. The summed E-state index contributed by atoms with van der Waals surface area (Å²) in [6.07, 6.45) is 3.10. The van der Waals surface area contributed by atoms with Crippen LogP contribution in [0.1, 0.15) is 17.7 Å². The van der Waals surface area contributed by atoms with Gasteiger partial charge < -0.3 is 5.73 Å². The Morgan fingerprint density at radius 1 is 1.10 bits per heavy atom. The second-order valence-corrected chi connectivity index (χ2v) is 6.09. The summed E-state index contributed by atoms with van der Waals surface area (Å²) in [5.74, 6) is 0.757. The highest BCUT2D eigenvalue weighted by molar-refractivity contribution is 7.13. The van der Waals surface area contributed by atoms with Crippen LogP contribution in [0.3, 0.4) is 0 Å². The Bertz CT molecular complexity index is 699. The van der Waals surface area contributed by atoms with Crippen LogP contribution in [-0.4, -0.2) is 9.78 Å². The Labute approximate surface area is 129 Å². The molecule has 0 atom stereocenters. The molecule has 2 N–H and O–H groups in total. The van der Waals surface area contributed by atoms with Crippen molar-refractivity contribution >= 4 is 17.2 Å². The maximum atomic E-state index is 6.18. The van der Waals surface area contributed by atoms with Crippen molar-refractivity contribution in [3.8, 4) is 10.4 Å². The fourth-order valence-corrected chi connectivity index (χ4v) is 3.36. The molecule has 3 aromatic rings. The number of nitrogen functional groups attached to an aromatic ring is 1. The number of aromatic nitrogens is 2. The number of anilines is 1. The number of aryl methyl sites for hydroxylation is 3. The first kappa shape index (κ1) is 13.9. The molecule has 0 unspecified atom stereocenters. The van der Waals surface area contributed by atoms with Crippen LogP contribution in [0.2, 0.25) is 0 Å². The average Bonchev–Trinajstić information content (AvgIpc) is 3.10. The lowest BCUT2D eigenvalue weighted by Crippen LogP contribution is -1.97. The molecule has 0 saturated heterocycles. The smallest absolute Gasteiger partial charge is 0.130 e. The predicted molar refractivity (Wildman–Crippen MR) is 89.4 cm³/mol. The summed E-state index contributed by atoms with van der Waals surface area (Å²) in [5.41, 5.74) is 9.78. The third kappa shape index (κ3) is 3.00. The van der Waals surface area contributed by atoms with Crippen molar-refractivity contribution in [3.05, 3.63) is 59.1 Å². The van der Waals surface area contributed by atoms with E-state index in [0.717, 1.165) is 36.3 Å². The van der Waals surface area contributed by atoms with Gasteiger partial charge in [-0.3, -0.25) is 4.68 Å². The van der Waals surface area contributed by atoms with Crippen molar-refractivity contribution in [2.75, 3.05) is 5.73 Å². The van der Waals surface area contributed by atoms with Gasteiger partial charge in [0.1, 0.15) is 5.82 Å². The van der Waals surface area contributed by atoms with Gasteiger partial charge in [0.15, 0.2) is 0 Å². The summed E-state index contributed by atoms with van der Waals surface area (Å²) in [6.45, 7) is 0. The van der Waals surface area contributed by atoms with Gasteiger partial charge in [0, 0.05) is 11.9 Å². The molecular formula is C17H19N3S. The van der Waals surface area contributed by atoms with Gasteiger partial charge in [-0.15, -0.1) is 11.3 Å². The lowest BCUT2D eigenvalue weighted by atomic mass is 10.0. The number of benzene rings is 1. The zero-order valence-electron chi connectivity index (χ0n) is 12.1. The van der Waals surface area contributed by atoms with Gasteiger partial charge in [0.05, 0.1) is 11.3 Å². The Hall–Kier alpha value is -2.07. The Morgan fingerprint density at radius 2 is 1.90 bits per heavy atom. The molecule has 108 valence electrons. The van der Waals surface area contributed by atoms with Crippen molar-refractivity contribution < 1.29 is 0 Å². The molecule has 0 aliphatic heterocycles. The molecule has 0 spiro atoms. The van der Waals surface area contributed by atoms with Crippen molar-refractivity contribution in [2.24, 2.45) is 7.05 Å². The van der Waals surface area contributed by atoms with Crippen molar-refractivity contribution in [3.63, 3.8) is 0 Å². The minimum Gasteiger partial charge on any atom is -0.383 e. The van der Waals surface area contributed by atoms with E-state index in [0.29, 0.717) is 0 Å². The van der Waals surface area contributed by atoms with E-state index in [-0.39, 0.29) is 0 Å². The Morgan fingerprint density at radius 3 is 2.62 bits per heavy atom. The first-order valence-electron chi connectivity index (χ1n) is 7.15. The molecule has 3 rings (SSSR count). The van der Waals surface area contributed by atoms with E-state index in [1.54, 1.807) is 16.0 Å². The molecule has 4 heteroatoms. The van der Waals surface area contributed by atoms with Crippen molar-refractivity contribution in [2.45, 2.75) is 19.3 Å². The van der Waals surface area contributed by atoms with E-state index < -0.39 is 0 Å². The highest BCUT2D eigenvalue weighted by atomic mass is 32.1. The molecule has 3 nitrogen and oxygen atoms in total. The summed E-state index contributed by atoms with van der Waals surface area (Å²) in [4.78, 5) is 1.20. The molecule has 0 amide bonds. The second-order valence-electron chi connectivity index (χ2n) is 5.15. The average molecular weight is 297 g/mol. The van der Waals surface area contributed by atoms with E-state index in [9.17, 15) is 0 Å². The molecule has 0 aliphatic rings. The second kappa shape index (κ2) is 6.14. The van der Waals surface area contributed by atoms with Gasteiger partial charge in [-0.2, -0.15) is 5.10 Å². The third-order valence-electron chi connectivity index (χ3n) is 3.65. The van der Waals surface area contributed by atoms with Gasteiger partial charge in [-0.25, -0.2) is 0 Å². The fourth-order valence-electron chi connectivity index (χ4n) is 2.56. The molecule has 0 bridgehead atoms. The number of nitrogens with zero attached hydrogens (tertiary/aromatic N) is 2. The Balaban J connectivity index is 1.75. The summed E-state index contributed by atoms with van der Waals surface area (Å²) >= 11 is 1.71. The summed E-state index contributed by atoms with van der Waals surface area (Å²) in [7, 11) is 1.91. The Kier molecular flexibility index (Phi) is 4.06. The van der Waals surface area contributed by atoms with Crippen LogP contribution in [0.15, 0.2) is 47.8 Å². The van der Waals surface area contributed by atoms with Crippen LogP contribution in [0.5, 0.6) is 0 Å². The van der Waals surface area contributed by atoms with E-state index >= 15 is 0 Å². The van der Waals surface area contributed by atoms with Crippen LogP contribution < -0.4 is 5.73 Å². The minimum absolute atomic E-state index is 0.757. The maximum absolute atomic E-state index is 6.18. The zero-order valence-corrected chi connectivity index (χ0v) is 12.9. The van der Waals surface area contributed by atoms with Gasteiger partial charge in [0.2, 0.25) is 0 Å². The number of hydrogen-bond acceptors (Lipinski definition) is 3. The highest BCUT2D eigenvalue weighted by Crippen LogP contribution is 2.33. The summed E-state index contributed by atoms with van der Waals surface area (Å²) < 4.78 is 1.78. The molecule has 0 fully saturated rings. The van der Waals surface area contributed by atoms with Crippen LogP contribution in [0.25, 0.3) is 10.4 Å². The molecule has 0 radical (unpaired) electrons. The van der Waals surface area contributed by atoms with Gasteiger partial charge in [-0.1, -0.05) is 36.4 Å². The highest BCUT2D eigenvalue weighted by Gasteiger charge is 2.16. The van der Waals surface area contributed by atoms with Crippen molar-refractivity contribution in [1.29, 1.82) is 0 Å². The first-order valence-corrected chi connectivity index (χ1v) is 8.03. The predicted octanol–water partition coefficient (Wildman–Crippen LogP) is 3.91. The van der Waals surface area contributed by atoms with Gasteiger partial charge in [-0.05, 0) is 36.3 Å². The lowest BCUT2D eigenvalue weighted by Gasteiger charge is -2.02. The SMILES string of the molecule is Cn1nc(CCCc2ccccc2)c(-c2cccs2)c1N. The third-order valence-corrected chi connectivity index (χ3v) is 4.54. The number of hydrogen-bond donors (Lipinski definition) is 1. The maximum Gasteiger partial charge on any atom is 0.130 e. The fraction of sp³-hybridized carbons (Fsp3) is 0.235. The molecule has 21 heavy (non-hydrogen) atoms. The standard InChI is InChI=1S/C17H19N3S/c1-20-17(18)16(15-11-6-12-21-15)14(19-20)10-5-9-13-7-3-2-4-8-13/h2-4,6-8,11-12H,5,9-10,18H2,1H3. The monoisotopic (exact) mass is 297 g/mol. The van der Waals surface area contributed by atoms with Crippen molar-refractivity contribution in [1.82, 2.24) is 9.78 Å². The van der Waals surface area contributed by atoms with Crippen LogP contribution in [0.4, 0.5) is 5.82 Å². The van der Waals surface area contributed by atoms with E-state index in [1.807, 2.05) is 7.05 Å². The minimum atomic E-state index is 0.757. The van der Waals surface area contributed by atoms with Gasteiger partial charge in [0.25, 0.3) is 0 Å². The lowest BCUT2D eigenvalue weighted by molar-refractivity contribution is 0.725. The summed E-state index contributed by atoms with van der Waals surface area (Å²) in [5, 5.41) is 6.67.